The van der Waals surface area contributed by atoms with Gasteiger partial charge in [0.05, 0.1) is 6.04 Å². The zero-order chi connectivity index (χ0) is 17.2. The van der Waals surface area contributed by atoms with Crippen LogP contribution in [0.15, 0.2) is 30.3 Å². The topological polar surface area (TPSA) is 61.4 Å². The summed E-state index contributed by atoms with van der Waals surface area (Å²) in [4.78, 5) is 26.3. The highest BCUT2D eigenvalue weighted by atomic mass is 16.2. The Labute approximate surface area is 144 Å². The number of amides is 2. The van der Waals surface area contributed by atoms with E-state index in [-0.39, 0.29) is 17.9 Å². The quantitative estimate of drug-likeness (QED) is 0.804. The van der Waals surface area contributed by atoms with Crippen LogP contribution in [-0.2, 0) is 16.1 Å². The normalized spacial score (nSPS) is 16.9. The molecule has 1 saturated heterocycles. The minimum absolute atomic E-state index is 0.0211. The van der Waals surface area contributed by atoms with Gasteiger partial charge in [-0.05, 0) is 38.4 Å². The molecule has 0 spiro atoms. The minimum atomic E-state index is -0.115. The molecule has 2 rings (SSSR count). The fraction of sp³-hybridized carbons (Fsp3) is 0.579. The summed E-state index contributed by atoms with van der Waals surface area (Å²) in [5.41, 5.74) is 1.07. The molecule has 1 aliphatic heterocycles. The standard InChI is InChI=1S/C19H29N3O2/c1-16(22-13-7-2-3-8-14-22)19(24)20-12-11-18(23)21-15-17-9-5-4-6-10-17/h4-6,9-10,16H,2-3,7-8,11-15H2,1H3,(H,20,24)(H,21,23)/t16-/m0/s1. The highest BCUT2D eigenvalue weighted by molar-refractivity contribution is 5.82. The van der Waals surface area contributed by atoms with Gasteiger partial charge in [-0.25, -0.2) is 0 Å². The van der Waals surface area contributed by atoms with E-state index in [1.165, 1.54) is 25.7 Å². The van der Waals surface area contributed by atoms with Gasteiger partial charge in [-0.15, -0.1) is 0 Å². The van der Waals surface area contributed by atoms with Gasteiger partial charge in [-0.2, -0.15) is 0 Å². The number of nitrogens with one attached hydrogen (secondary N) is 2. The van der Waals surface area contributed by atoms with E-state index in [2.05, 4.69) is 15.5 Å². The van der Waals surface area contributed by atoms with Gasteiger partial charge < -0.3 is 10.6 Å². The molecule has 1 aliphatic rings. The highest BCUT2D eigenvalue weighted by Crippen LogP contribution is 2.12. The maximum atomic E-state index is 12.2. The molecule has 1 aromatic rings. The molecule has 1 fully saturated rings. The fourth-order valence-corrected chi connectivity index (χ4v) is 2.98. The third-order valence-corrected chi connectivity index (χ3v) is 4.55. The molecule has 5 nitrogen and oxygen atoms in total. The lowest BCUT2D eigenvalue weighted by atomic mass is 10.2. The molecule has 0 aliphatic carbocycles. The summed E-state index contributed by atoms with van der Waals surface area (Å²) >= 11 is 0. The van der Waals surface area contributed by atoms with Gasteiger partial charge in [0.25, 0.3) is 0 Å². The van der Waals surface area contributed by atoms with Crippen LogP contribution in [0.3, 0.4) is 0 Å². The van der Waals surface area contributed by atoms with Gasteiger partial charge in [0.2, 0.25) is 11.8 Å². The molecular weight excluding hydrogens is 302 g/mol. The van der Waals surface area contributed by atoms with E-state index in [0.29, 0.717) is 19.5 Å². The van der Waals surface area contributed by atoms with Crippen LogP contribution in [0.4, 0.5) is 0 Å². The molecule has 0 saturated carbocycles. The van der Waals surface area contributed by atoms with Crippen LogP contribution >= 0.6 is 0 Å². The molecule has 24 heavy (non-hydrogen) atoms. The molecule has 0 unspecified atom stereocenters. The van der Waals surface area contributed by atoms with E-state index >= 15 is 0 Å². The second-order valence-corrected chi connectivity index (χ2v) is 6.43. The van der Waals surface area contributed by atoms with Crippen LogP contribution in [0.1, 0.15) is 44.6 Å². The van der Waals surface area contributed by atoms with Crippen molar-refractivity contribution < 1.29 is 9.59 Å². The van der Waals surface area contributed by atoms with Crippen molar-refractivity contribution in [2.24, 2.45) is 0 Å². The number of nitrogens with zero attached hydrogens (tertiary/aromatic N) is 1. The predicted octanol–water partition coefficient (Wildman–Crippen LogP) is 2.07. The van der Waals surface area contributed by atoms with Crippen LogP contribution in [0, 0.1) is 0 Å². The van der Waals surface area contributed by atoms with Crippen LogP contribution in [-0.4, -0.2) is 42.4 Å². The first kappa shape index (κ1) is 18.5. The maximum absolute atomic E-state index is 12.2. The number of carbonyl (C=O) groups excluding carboxylic acids is 2. The Bertz CT molecular complexity index is 511. The molecule has 0 radical (unpaired) electrons. The Kier molecular flexibility index (Phi) is 7.75. The van der Waals surface area contributed by atoms with Crippen LogP contribution in [0.25, 0.3) is 0 Å². The summed E-state index contributed by atoms with van der Waals surface area (Å²) in [7, 11) is 0. The van der Waals surface area contributed by atoms with Crippen LogP contribution in [0.2, 0.25) is 0 Å². The number of likely N-dealkylation sites (tertiary alicyclic amines) is 1. The zero-order valence-corrected chi connectivity index (χ0v) is 14.6. The Morgan fingerprint density at radius 3 is 2.38 bits per heavy atom. The Balaban J connectivity index is 1.63. The minimum Gasteiger partial charge on any atom is -0.354 e. The third kappa shape index (κ3) is 6.32. The molecule has 2 N–H and O–H groups in total. The summed E-state index contributed by atoms with van der Waals surface area (Å²) in [5, 5.41) is 5.76. The summed E-state index contributed by atoms with van der Waals surface area (Å²) in [5.74, 6) is -0.0191. The van der Waals surface area contributed by atoms with Gasteiger partial charge in [0.1, 0.15) is 0 Å². The molecule has 1 heterocycles. The second-order valence-electron chi connectivity index (χ2n) is 6.43. The summed E-state index contributed by atoms with van der Waals surface area (Å²) < 4.78 is 0. The Morgan fingerprint density at radius 2 is 1.71 bits per heavy atom. The average molecular weight is 331 g/mol. The lowest BCUT2D eigenvalue weighted by Crippen LogP contribution is -2.46. The largest absolute Gasteiger partial charge is 0.354 e. The Hall–Kier alpha value is -1.88. The maximum Gasteiger partial charge on any atom is 0.237 e. The van der Waals surface area contributed by atoms with Gasteiger partial charge in [0.15, 0.2) is 0 Å². The molecule has 0 bridgehead atoms. The fourth-order valence-electron chi connectivity index (χ4n) is 2.98. The van der Waals surface area contributed by atoms with Crippen molar-refractivity contribution in [3.63, 3.8) is 0 Å². The first-order valence-corrected chi connectivity index (χ1v) is 8.99. The third-order valence-electron chi connectivity index (χ3n) is 4.55. The summed E-state index contributed by atoms with van der Waals surface area (Å²) in [6.07, 6.45) is 5.16. The van der Waals surface area contributed by atoms with Crippen molar-refractivity contribution >= 4 is 11.8 Å². The van der Waals surface area contributed by atoms with Crippen molar-refractivity contribution in [1.82, 2.24) is 15.5 Å². The monoisotopic (exact) mass is 331 g/mol. The molecule has 132 valence electrons. The van der Waals surface area contributed by atoms with Gasteiger partial charge >= 0.3 is 0 Å². The molecular formula is C19H29N3O2. The lowest BCUT2D eigenvalue weighted by Gasteiger charge is -2.26. The average Bonchev–Trinajstić information content (AvgIpc) is 2.89. The van der Waals surface area contributed by atoms with Crippen molar-refractivity contribution in [3.05, 3.63) is 35.9 Å². The number of carbonyl (C=O) groups is 2. The van der Waals surface area contributed by atoms with Crippen molar-refractivity contribution in [2.75, 3.05) is 19.6 Å². The van der Waals surface area contributed by atoms with Gasteiger partial charge in [-0.3, -0.25) is 14.5 Å². The van der Waals surface area contributed by atoms with Crippen LogP contribution in [0.5, 0.6) is 0 Å². The second kappa shape index (κ2) is 10.1. The zero-order valence-electron chi connectivity index (χ0n) is 14.6. The Morgan fingerprint density at radius 1 is 1.04 bits per heavy atom. The van der Waals surface area contributed by atoms with Gasteiger partial charge in [-0.1, -0.05) is 43.2 Å². The molecule has 1 atom stereocenters. The first-order chi connectivity index (χ1) is 11.7. The molecule has 1 aromatic carbocycles. The lowest BCUT2D eigenvalue weighted by molar-refractivity contribution is -0.126. The first-order valence-electron chi connectivity index (χ1n) is 8.99. The smallest absolute Gasteiger partial charge is 0.237 e. The van der Waals surface area contributed by atoms with E-state index in [9.17, 15) is 9.59 Å². The molecule has 5 heteroatoms. The van der Waals surface area contributed by atoms with E-state index in [4.69, 9.17) is 0 Å². The van der Waals surface area contributed by atoms with E-state index < -0.39 is 0 Å². The number of hydrogen-bond donors (Lipinski definition) is 2. The number of hydrogen-bond acceptors (Lipinski definition) is 3. The van der Waals surface area contributed by atoms with E-state index in [1.807, 2.05) is 37.3 Å². The molecule has 0 aromatic heterocycles. The predicted molar refractivity (Wildman–Crippen MR) is 95.4 cm³/mol. The summed E-state index contributed by atoms with van der Waals surface area (Å²) in [6, 6.07) is 9.69. The number of rotatable bonds is 7. The van der Waals surface area contributed by atoms with E-state index in [1.54, 1.807) is 0 Å². The summed E-state index contributed by atoms with van der Waals surface area (Å²) in [6.45, 7) is 4.85. The van der Waals surface area contributed by atoms with E-state index in [0.717, 1.165) is 18.7 Å². The van der Waals surface area contributed by atoms with Crippen molar-refractivity contribution in [2.45, 2.75) is 51.6 Å². The van der Waals surface area contributed by atoms with Crippen LogP contribution < -0.4 is 10.6 Å². The van der Waals surface area contributed by atoms with Gasteiger partial charge in [0, 0.05) is 19.5 Å². The highest BCUT2D eigenvalue weighted by Gasteiger charge is 2.21. The van der Waals surface area contributed by atoms with Crippen molar-refractivity contribution in [1.29, 1.82) is 0 Å². The number of benzene rings is 1. The SMILES string of the molecule is C[C@@H](C(=O)NCCC(=O)NCc1ccccc1)N1CCCCCC1. The molecule has 2 amide bonds. The van der Waals surface area contributed by atoms with Crippen molar-refractivity contribution in [3.8, 4) is 0 Å².